The fourth-order valence-electron chi connectivity index (χ4n) is 1.29. The van der Waals surface area contributed by atoms with Crippen LogP contribution in [0.4, 0.5) is 4.79 Å². The van der Waals surface area contributed by atoms with E-state index in [9.17, 15) is 9.59 Å². The first-order chi connectivity index (χ1) is 7.76. The summed E-state index contributed by atoms with van der Waals surface area (Å²) in [5.74, 6) is -0.883. The van der Waals surface area contributed by atoms with Crippen LogP contribution in [0.2, 0.25) is 0 Å². The fourth-order valence-corrected chi connectivity index (χ4v) is 1.29. The first-order valence-electron chi connectivity index (χ1n) is 6.01. The van der Waals surface area contributed by atoms with Crippen molar-refractivity contribution in [2.24, 2.45) is 5.41 Å². The van der Waals surface area contributed by atoms with Gasteiger partial charge < -0.3 is 15.3 Å². The van der Waals surface area contributed by atoms with E-state index in [1.165, 1.54) is 4.90 Å². The molecule has 100 valence electrons. The van der Waals surface area contributed by atoms with Crippen LogP contribution in [-0.4, -0.2) is 41.6 Å². The van der Waals surface area contributed by atoms with Crippen LogP contribution >= 0.6 is 0 Å². The van der Waals surface area contributed by atoms with E-state index >= 15 is 0 Å². The molecule has 5 nitrogen and oxygen atoms in total. The van der Waals surface area contributed by atoms with Gasteiger partial charge in [0.2, 0.25) is 0 Å². The summed E-state index contributed by atoms with van der Waals surface area (Å²) in [4.78, 5) is 23.6. The van der Waals surface area contributed by atoms with Crippen molar-refractivity contribution >= 4 is 12.0 Å². The topological polar surface area (TPSA) is 69.6 Å². The normalized spacial score (nSPS) is 11.1. The highest BCUT2D eigenvalue weighted by molar-refractivity contribution is 5.75. The van der Waals surface area contributed by atoms with Gasteiger partial charge in [-0.15, -0.1) is 0 Å². The van der Waals surface area contributed by atoms with Gasteiger partial charge in [-0.2, -0.15) is 0 Å². The number of rotatable bonds is 6. The van der Waals surface area contributed by atoms with Crippen molar-refractivity contribution in [3.05, 3.63) is 0 Å². The summed E-state index contributed by atoms with van der Waals surface area (Å²) < 4.78 is 0. The average Bonchev–Trinajstić information content (AvgIpc) is 2.16. The molecule has 0 aliphatic carbocycles. The molecule has 0 unspecified atom stereocenters. The molecule has 2 amide bonds. The monoisotopic (exact) mass is 244 g/mol. The second-order valence-corrected chi connectivity index (χ2v) is 5.27. The summed E-state index contributed by atoms with van der Waals surface area (Å²) in [7, 11) is 0. The van der Waals surface area contributed by atoms with Crippen molar-refractivity contribution in [1.29, 1.82) is 0 Å². The van der Waals surface area contributed by atoms with Crippen molar-refractivity contribution in [2.75, 3.05) is 19.6 Å². The maximum Gasteiger partial charge on any atom is 0.317 e. The Labute approximate surface area is 103 Å². The van der Waals surface area contributed by atoms with E-state index in [0.717, 1.165) is 6.42 Å². The van der Waals surface area contributed by atoms with Crippen LogP contribution in [0.5, 0.6) is 0 Å². The summed E-state index contributed by atoms with van der Waals surface area (Å²) in [6.07, 6.45) is 0.885. The average molecular weight is 244 g/mol. The first kappa shape index (κ1) is 15.7. The molecule has 0 bridgehead atoms. The molecular weight excluding hydrogens is 220 g/mol. The zero-order valence-corrected chi connectivity index (χ0v) is 11.2. The fraction of sp³-hybridized carbons (Fsp3) is 0.833. The molecule has 2 N–H and O–H groups in total. The van der Waals surface area contributed by atoms with Crippen LogP contribution in [-0.2, 0) is 4.79 Å². The van der Waals surface area contributed by atoms with E-state index in [1.54, 1.807) is 0 Å². The molecule has 0 heterocycles. The van der Waals surface area contributed by atoms with Crippen molar-refractivity contribution in [2.45, 2.75) is 40.5 Å². The predicted molar refractivity (Wildman–Crippen MR) is 67.0 cm³/mol. The van der Waals surface area contributed by atoms with E-state index in [0.29, 0.717) is 13.1 Å². The third-order valence-electron chi connectivity index (χ3n) is 2.42. The molecule has 0 aromatic heterocycles. The minimum Gasteiger partial charge on any atom is -0.481 e. The molecule has 0 saturated carbocycles. The number of hydrogen-bond acceptors (Lipinski definition) is 2. The van der Waals surface area contributed by atoms with Crippen molar-refractivity contribution in [3.8, 4) is 0 Å². The van der Waals surface area contributed by atoms with Crippen LogP contribution in [0, 0.1) is 5.41 Å². The molecule has 0 atom stereocenters. The molecule has 0 rings (SSSR count). The largest absolute Gasteiger partial charge is 0.481 e. The Balaban J connectivity index is 3.96. The summed E-state index contributed by atoms with van der Waals surface area (Å²) in [5.41, 5.74) is 0.186. The second-order valence-electron chi connectivity index (χ2n) is 5.27. The van der Waals surface area contributed by atoms with Gasteiger partial charge in [0, 0.05) is 19.6 Å². The smallest absolute Gasteiger partial charge is 0.317 e. The number of hydrogen-bond donors (Lipinski definition) is 2. The highest BCUT2D eigenvalue weighted by Crippen LogP contribution is 2.16. The molecule has 0 aromatic carbocycles. The SMILES string of the molecule is CCN(CCC(=O)O)C(=O)NCCC(C)(C)C. The lowest BCUT2D eigenvalue weighted by atomic mass is 9.92. The lowest BCUT2D eigenvalue weighted by Gasteiger charge is -2.23. The Bertz CT molecular complexity index is 259. The van der Waals surface area contributed by atoms with E-state index < -0.39 is 5.97 Å². The van der Waals surface area contributed by atoms with Gasteiger partial charge in [-0.1, -0.05) is 20.8 Å². The predicted octanol–water partition coefficient (Wildman–Crippen LogP) is 1.93. The summed E-state index contributed by atoms with van der Waals surface area (Å²) >= 11 is 0. The van der Waals surface area contributed by atoms with E-state index in [-0.39, 0.29) is 24.4 Å². The number of carboxylic acid groups (broad SMARTS) is 1. The molecule has 5 heteroatoms. The molecule has 0 aromatic rings. The third-order valence-corrected chi connectivity index (χ3v) is 2.42. The molecule has 0 radical (unpaired) electrons. The highest BCUT2D eigenvalue weighted by atomic mass is 16.4. The van der Waals surface area contributed by atoms with Gasteiger partial charge in [0.15, 0.2) is 0 Å². The number of carbonyl (C=O) groups excluding carboxylic acids is 1. The number of carboxylic acids is 1. The molecule has 0 fully saturated rings. The lowest BCUT2D eigenvalue weighted by molar-refractivity contribution is -0.137. The number of urea groups is 1. The zero-order valence-electron chi connectivity index (χ0n) is 11.2. The zero-order chi connectivity index (χ0) is 13.5. The molecule has 0 aliphatic heterocycles. The van der Waals surface area contributed by atoms with Crippen molar-refractivity contribution < 1.29 is 14.7 Å². The Morgan fingerprint density at radius 3 is 2.29 bits per heavy atom. The van der Waals surface area contributed by atoms with Crippen LogP contribution in [0.25, 0.3) is 0 Å². The summed E-state index contributed by atoms with van der Waals surface area (Å²) in [6.45, 7) is 9.57. The van der Waals surface area contributed by atoms with E-state index in [2.05, 4.69) is 26.1 Å². The molecule has 0 spiro atoms. The molecular formula is C12H24N2O3. The Morgan fingerprint density at radius 2 is 1.88 bits per heavy atom. The van der Waals surface area contributed by atoms with Gasteiger partial charge in [-0.25, -0.2) is 4.79 Å². The third kappa shape index (κ3) is 8.54. The van der Waals surface area contributed by atoms with Crippen molar-refractivity contribution in [1.82, 2.24) is 10.2 Å². The van der Waals surface area contributed by atoms with Gasteiger partial charge >= 0.3 is 12.0 Å². The standard InChI is InChI=1S/C12H24N2O3/c1-5-14(9-6-10(15)16)11(17)13-8-7-12(2,3)4/h5-9H2,1-4H3,(H,13,17)(H,15,16). The Kier molecular flexibility index (Phi) is 6.61. The summed E-state index contributed by atoms with van der Waals surface area (Å²) in [5, 5.41) is 11.4. The Hall–Kier alpha value is -1.26. The second kappa shape index (κ2) is 7.14. The van der Waals surface area contributed by atoms with Crippen molar-refractivity contribution in [3.63, 3.8) is 0 Å². The number of aliphatic carboxylic acids is 1. The minimum absolute atomic E-state index is 0.0134. The van der Waals surface area contributed by atoms with Gasteiger partial charge in [0.05, 0.1) is 6.42 Å². The number of amides is 2. The summed E-state index contributed by atoms with van der Waals surface area (Å²) in [6, 6.07) is -0.182. The number of carbonyl (C=O) groups is 2. The maximum absolute atomic E-state index is 11.7. The van der Waals surface area contributed by atoms with Crippen LogP contribution in [0.3, 0.4) is 0 Å². The Morgan fingerprint density at radius 1 is 1.29 bits per heavy atom. The highest BCUT2D eigenvalue weighted by Gasteiger charge is 2.14. The molecule has 0 aliphatic rings. The number of nitrogens with one attached hydrogen (secondary N) is 1. The van der Waals surface area contributed by atoms with E-state index in [4.69, 9.17) is 5.11 Å². The van der Waals surface area contributed by atoms with Gasteiger partial charge in [-0.3, -0.25) is 4.79 Å². The molecule has 17 heavy (non-hydrogen) atoms. The van der Waals surface area contributed by atoms with E-state index in [1.807, 2.05) is 6.92 Å². The van der Waals surface area contributed by atoms with Crippen LogP contribution < -0.4 is 5.32 Å². The maximum atomic E-state index is 11.7. The van der Waals surface area contributed by atoms with Gasteiger partial charge in [0.25, 0.3) is 0 Å². The first-order valence-corrected chi connectivity index (χ1v) is 6.01. The molecule has 0 saturated heterocycles. The lowest BCUT2D eigenvalue weighted by Crippen LogP contribution is -2.41. The quantitative estimate of drug-likeness (QED) is 0.750. The van der Waals surface area contributed by atoms with Crippen LogP contribution in [0.15, 0.2) is 0 Å². The minimum atomic E-state index is -0.883. The van der Waals surface area contributed by atoms with Gasteiger partial charge in [0.1, 0.15) is 0 Å². The number of nitrogens with zero attached hydrogens (tertiary/aromatic N) is 1. The van der Waals surface area contributed by atoms with Gasteiger partial charge in [-0.05, 0) is 18.8 Å². The van der Waals surface area contributed by atoms with Crippen LogP contribution in [0.1, 0.15) is 40.5 Å².